The Morgan fingerprint density at radius 2 is 2.16 bits per heavy atom. The number of carbonyl (C=O) groups excluding carboxylic acids is 1. The monoisotopic (exact) mass is 350 g/mol. The Hall–Kier alpha value is -2.15. The molecule has 2 aromatic rings. The highest BCUT2D eigenvalue weighted by atomic mass is 19.1. The normalized spacial score (nSPS) is 20.0. The lowest BCUT2D eigenvalue weighted by atomic mass is 9.79. The zero-order valence-corrected chi connectivity index (χ0v) is 15.5. The number of rotatable bonds is 3. The number of amides is 1. The third-order valence-corrected chi connectivity index (χ3v) is 4.49. The van der Waals surface area contributed by atoms with Gasteiger partial charge in [0.1, 0.15) is 0 Å². The van der Waals surface area contributed by atoms with Crippen LogP contribution in [0.5, 0.6) is 0 Å². The molecule has 3 rings (SSSR count). The molecule has 1 atom stereocenters. The summed E-state index contributed by atoms with van der Waals surface area (Å²) < 4.78 is 19.9. The summed E-state index contributed by atoms with van der Waals surface area (Å²) in [7, 11) is 2.08. The maximum absolute atomic E-state index is 14.7. The van der Waals surface area contributed by atoms with Crippen molar-refractivity contribution >= 4 is 22.7 Å². The quantitative estimate of drug-likeness (QED) is 0.888. The maximum atomic E-state index is 14.7. The number of fused-ring (bicyclic) bond motifs is 1. The number of nitrogens with two attached hydrogens (primary N) is 1. The number of nitrogens with one attached hydrogen (secondary N) is 1. The van der Waals surface area contributed by atoms with Crippen LogP contribution in [0, 0.1) is 11.2 Å². The second-order valence-electron chi connectivity index (χ2n) is 6.89. The van der Waals surface area contributed by atoms with Gasteiger partial charge in [-0.3, -0.25) is 4.79 Å². The van der Waals surface area contributed by atoms with Gasteiger partial charge in [0, 0.05) is 18.7 Å². The third-order valence-electron chi connectivity index (χ3n) is 4.49. The summed E-state index contributed by atoms with van der Waals surface area (Å²) in [6.07, 6.45) is 2.32. The van der Waals surface area contributed by atoms with Crippen LogP contribution in [0.25, 0.3) is 11.0 Å². The Kier molecular flexibility index (Phi) is 5.67. The van der Waals surface area contributed by atoms with E-state index in [4.69, 9.17) is 10.2 Å². The first-order chi connectivity index (χ1) is 11.8. The van der Waals surface area contributed by atoms with Crippen molar-refractivity contribution in [1.29, 1.82) is 0 Å². The second-order valence-corrected chi connectivity index (χ2v) is 6.89. The predicted molar refractivity (Wildman–Crippen MR) is 97.1 cm³/mol. The Labute approximate surface area is 147 Å². The van der Waals surface area contributed by atoms with Gasteiger partial charge in [-0.25, -0.2) is 9.37 Å². The average Bonchev–Trinajstić information content (AvgIpc) is 2.99. The topological polar surface area (TPSA) is 84.4 Å². The zero-order chi connectivity index (χ0) is 18.8. The number of halogens is 1. The molecule has 1 saturated heterocycles. The predicted octanol–water partition coefficient (Wildman–Crippen LogP) is 3.23. The number of aromatic nitrogens is 1. The van der Waals surface area contributed by atoms with Gasteiger partial charge in [-0.05, 0) is 25.4 Å². The van der Waals surface area contributed by atoms with Gasteiger partial charge >= 0.3 is 0 Å². The van der Waals surface area contributed by atoms with Crippen LogP contribution in [-0.2, 0) is 0 Å². The number of hydrogen-bond acceptors (Lipinski definition) is 5. The highest BCUT2D eigenvalue weighted by molar-refractivity contribution is 5.95. The second kappa shape index (κ2) is 7.39. The number of primary amides is 1. The molecule has 1 aliphatic rings. The summed E-state index contributed by atoms with van der Waals surface area (Å²) in [4.78, 5) is 17.5. The molecule has 0 radical (unpaired) electrons. The van der Waals surface area contributed by atoms with Crippen LogP contribution in [0.3, 0.4) is 0 Å². The smallest absolute Gasteiger partial charge is 0.284 e. The van der Waals surface area contributed by atoms with Gasteiger partial charge in [0.15, 0.2) is 23.0 Å². The van der Waals surface area contributed by atoms with Gasteiger partial charge in [-0.2, -0.15) is 0 Å². The lowest BCUT2D eigenvalue weighted by Crippen LogP contribution is -2.50. The lowest BCUT2D eigenvalue weighted by molar-refractivity contribution is 0.0976. The van der Waals surface area contributed by atoms with Crippen molar-refractivity contribution in [2.24, 2.45) is 11.1 Å². The van der Waals surface area contributed by atoms with Gasteiger partial charge in [0.25, 0.3) is 5.91 Å². The van der Waals surface area contributed by atoms with E-state index < -0.39 is 11.7 Å². The van der Waals surface area contributed by atoms with Crippen molar-refractivity contribution in [3.05, 3.63) is 23.8 Å². The van der Waals surface area contributed by atoms with E-state index in [9.17, 15) is 9.18 Å². The van der Waals surface area contributed by atoms with Crippen LogP contribution in [0.1, 0.15) is 44.7 Å². The Morgan fingerprint density at radius 3 is 2.76 bits per heavy atom. The minimum Gasteiger partial charge on any atom is -0.449 e. The van der Waals surface area contributed by atoms with Gasteiger partial charge in [-0.1, -0.05) is 27.7 Å². The SMILES string of the molecule is CC.CN1CCC(Nc2ncc3oc(C(N)=O)cc3c2F)C(C)(C)C1. The van der Waals surface area contributed by atoms with E-state index in [0.29, 0.717) is 0 Å². The molecule has 138 valence electrons. The highest BCUT2D eigenvalue weighted by Gasteiger charge is 2.35. The average molecular weight is 350 g/mol. The number of hydrogen-bond donors (Lipinski definition) is 2. The van der Waals surface area contributed by atoms with E-state index in [1.54, 1.807) is 0 Å². The van der Waals surface area contributed by atoms with E-state index >= 15 is 0 Å². The molecule has 6 nitrogen and oxygen atoms in total. The minimum absolute atomic E-state index is 0.00907. The molecule has 0 aliphatic carbocycles. The Morgan fingerprint density at radius 1 is 1.48 bits per heavy atom. The van der Waals surface area contributed by atoms with Crippen molar-refractivity contribution in [3.63, 3.8) is 0 Å². The van der Waals surface area contributed by atoms with Crippen LogP contribution >= 0.6 is 0 Å². The molecule has 1 unspecified atom stereocenters. The van der Waals surface area contributed by atoms with Crippen molar-refractivity contribution in [2.45, 2.75) is 40.2 Å². The van der Waals surface area contributed by atoms with Crippen molar-refractivity contribution in [2.75, 3.05) is 25.5 Å². The lowest BCUT2D eigenvalue weighted by Gasteiger charge is -2.43. The van der Waals surface area contributed by atoms with E-state index in [1.165, 1.54) is 12.3 Å². The first-order valence-electron chi connectivity index (χ1n) is 8.61. The van der Waals surface area contributed by atoms with E-state index in [2.05, 4.69) is 36.1 Å². The molecule has 3 N–H and O–H groups in total. The minimum atomic E-state index is -0.730. The molecular formula is C18H27FN4O2. The fourth-order valence-corrected chi connectivity index (χ4v) is 3.26. The first-order valence-corrected chi connectivity index (χ1v) is 8.61. The summed E-state index contributed by atoms with van der Waals surface area (Å²) in [5.74, 6) is -1.14. The number of likely N-dealkylation sites (tertiary alicyclic amines) is 1. The van der Waals surface area contributed by atoms with Crippen LogP contribution in [0.4, 0.5) is 10.2 Å². The van der Waals surface area contributed by atoms with Crippen molar-refractivity contribution in [1.82, 2.24) is 9.88 Å². The fraction of sp³-hybridized carbons (Fsp3) is 0.556. The van der Waals surface area contributed by atoms with Crippen LogP contribution in [0.2, 0.25) is 0 Å². The summed E-state index contributed by atoms with van der Waals surface area (Å²) in [5, 5.41) is 3.43. The number of anilines is 1. The third kappa shape index (κ3) is 3.92. The number of nitrogens with zero attached hydrogens (tertiary/aromatic N) is 2. The molecule has 0 saturated carbocycles. The molecule has 3 heterocycles. The Bertz CT molecular complexity index is 757. The van der Waals surface area contributed by atoms with Gasteiger partial charge in [0.2, 0.25) is 0 Å². The largest absolute Gasteiger partial charge is 0.449 e. The summed E-state index contributed by atoms with van der Waals surface area (Å²) in [5.41, 5.74) is 5.37. The number of carbonyl (C=O) groups is 1. The van der Waals surface area contributed by atoms with Gasteiger partial charge < -0.3 is 20.4 Å². The molecule has 7 heteroatoms. The van der Waals surface area contributed by atoms with E-state index in [1.807, 2.05) is 13.8 Å². The van der Waals surface area contributed by atoms with Crippen LogP contribution in [0.15, 0.2) is 16.7 Å². The fourth-order valence-electron chi connectivity index (χ4n) is 3.26. The molecule has 1 aliphatic heterocycles. The van der Waals surface area contributed by atoms with Crippen molar-refractivity contribution in [3.8, 4) is 0 Å². The van der Waals surface area contributed by atoms with Crippen LogP contribution in [-0.4, -0.2) is 42.0 Å². The number of pyridine rings is 1. The van der Waals surface area contributed by atoms with Crippen LogP contribution < -0.4 is 11.1 Å². The molecule has 0 aromatic carbocycles. The number of furan rings is 1. The molecule has 0 spiro atoms. The zero-order valence-electron chi connectivity index (χ0n) is 15.5. The summed E-state index contributed by atoms with van der Waals surface area (Å²) in [6.45, 7) is 10.2. The summed E-state index contributed by atoms with van der Waals surface area (Å²) in [6, 6.07) is 1.43. The van der Waals surface area contributed by atoms with E-state index in [-0.39, 0.29) is 34.0 Å². The molecule has 1 fully saturated rings. The molecular weight excluding hydrogens is 323 g/mol. The first kappa shape index (κ1) is 19.2. The van der Waals surface area contributed by atoms with Gasteiger partial charge in [0.05, 0.1) is 11.6 Å². The molecule has 25 heavy (non-hydrogen) atoms. The molecule has 2 aromatic heterocycles. The Balaban J connectivity index is 0.00000109. The van der Waals surface area contributed by atoms with Crippen molar-refractivity contribution < 1.29 is 13.6 Å². The standard InChI is InChI=1S/C16H21FN4O2.C2H6/c1-16(2)8-21(3)5-4-12(16)20-15-13(17)9-6-10(14(18)22)23-11(9)7-19-15;1-2/h6-7,12H,4-5,8H2,1-3H3,(H2,18,22)(H,19,20);1-2H3. The maximum Gasteiger partial charge on any atom is 0.284 e. The van der Waals surface area contributed by atoms with E-state index in [0.717, 1.165) is 19.5 Å². The highest BCUT2D eigenvalue weighted by Crippen LogP contribution is 2.33. The number of piperidine rings is 1. The summed E-state index contributed by atoms with van der Waals surface area (Å²) >= 11 is 0. The van der Waals surface area contributed by atoms with Gasteiger partial charge in [-0.15, -0.1) is 0 Å². The molecule has 0 bridgehead atoms. The molecule has 1 amide bonds.